The summed E-state index contributed by atoms with van der Waals surface area (Å²) in [7, 11) is 1.96. The zero-order valence-corrected chi connectivity index (χ0v) is 22.5. The number of benzene rings is 1. The van der Waals surface area contributed by atoms with E-state index in [4.69, 9.17) is 0 Å². The van der Waals surface area contributed by atoms with Crippen molar-refractivity contribution in [3.63, 3.8) is 0 Å². The molecule has 0 bridgehead atoms. The van der Waals surface area contributed by atoms with Gasteiger partial charge in [0.15, 0.2) is 5.78 Å². The van der Waals surface area contributed by atoms with Crippen LogP contribution in [0.4, 0.5) is 0 Å². The summed E-state index contributed by atoms with van der Waals surface area (Å²) in [6.07, 6.45) is 7.06. The lowest BCUT2D eigenvalue weighted by Gasteiger charge is -2.39. The molecule has 6 rings (SSSR count). The summed E-state index contributed by atoms with van der Waals surface area (Å²) in [5.74, 6) is 0.378. The van der Waals surface area contributed by atoms with Crippen LogP contribution in [0, 0.1) is 5.41 Å². The third kappa shape index (κ3) is 3.80. The van der Waals surface area contributed by atoms with Gasteiger partial charge in [-0.15, -0.1) is 23.1 Å². The van der Waals surface area contributed by atoms with Crippen molar-refractivity contribution in [3.8, 4) is 0 Å². The van der Waals surface area contributed by atoms with Crippen LogP contribution in [0.25, 0.3) is 10.9 Å². The van der Waals surface area contributed by atoms with E-state index in [2.05, 4.69) is 0 Å². The first kappa shape index (κ1) is 23.8. The van der Waals surface area contributed by atoms with Crippen LogP contribution in [0.1, 0.15) is 68.2 Å². The number of piperidine rings is 1. The van der Waals surface area contributed by atoms with Crippen LogP contribution >= 0.6 is 23.1 Å². The summed E-state index contributed by atoms with van der Waals surface area (Å²) in [6, 6.07) is 10.1. The third-order valence-electron chi connectivity index (χ3n) is 8.47. The molecule has 2 amide bonds. The average molecular weight is 522 g/mol. The van der Waals surface area contributed by atoms with E-state index < -0.39 is 0 Å². The SMILES string of the molecule is CSc1sc(C(=O)N2CCC3(CCN(C(=O)c4cc5ccccc5n4C)CC3)C2)c2c1C(=O)CCC2. The largest absolute Gasteiger partial charge is 0.340 e. The maximum Gasteiger partial charge on any atom is 0.270 e. The van der Waals surface area contributed by atoms with E-state index in [0.717, 1.165) is 95.1 Å². The number of ketones is 1. The number of Topliss-reactive ketones (excluding diaryl/α,β-unsaturated/α-hetero) is 1. The van der Waals surface area contributed by atoms with Gasteiger partial charge in [-0.25, -0.2) is 0 Å². The van der Waals surface area contributed by atoms with E-state index in [9.17, 15) is 14.4 Å². The highest BCUT2D eigenvalue weighted by Crippen LogP contribution is 2.44. The summed E-state index contributed by atoms with van der Waals surface area (Å²) in [4.78, 5) is 44.3. The van der Waals surface area contributed by atoms with Crippen LogP contribution in [0.3, 0.4) is 0 Å². The van der Waals surface area contributed by atoms with Crippen molar-refractivity contribution in [3.05, 3.63) is 52.0 Å². The number of para-hydroxylation sites is 1. The molecule has 2 aliphatic heterocycles. The number of aromatic nitrogens is 1. The number of hydrogen-bond acceptors (Lipinski definition) is 5. The van der Waals surface area contributed by atoms with Crippen LogP contribution < -0.4 is 0 Å². The van der Waals surface area contributed by atoms with Gasteiger partial charge in [0.1, 0.15) is 5.69 Å². The van der Waals surface area contributed by atoms with E-state index in [-0.39, 0.29) is 23.0 Å². The lowest BCUT2D eigenvalue weighted by Crippen LogP contribution is -2.45. The third-order valence-corrected chi connectivity index (χ3v) is 10.8. The predicted molar refractivity (Wildman–Crippen MR) is 144 cm³/mol. The van der Waals surface area contributed by atoms with Crippen molar-refractivity contribution in [1.82, 2.24) is 14.4 Å². The summed E-state index contributed by atoms with van der Waals surface area (Å²) in [6.45, 7) is 2.95. The molecule has 6 nitrogen and oxygen atoms in total. The molecule has 36 heavy (non-hydrogen) atoms. The zero-order chi connectivity index (χ0) is 25.0. The van der Waals surface area contributed by atoms with Gasteiger partial charge < -0.3 is 14.4 Å². The van der Waals surface area contributed by atoms with Gasteiger partial charge >= 0.3 is 0 Å². The average Bonchev–Trinajstić information content (AvgIpc) is 3.58. The second-order valence-corrected chi connectivity index (χ2v) is 12.6. The van der Waals surface area contributed by atoms with Gasteiger partial charge in [0.2, 0.25) is 0 Å². The summed E-state index contributed by atoms with van der Waals surface area (Å²) >= 11 is 3.09. The Bertz CT molecular complexity index is 1380. The molecule has 0 saturated carbocycles. The number of thiophene rings is 1. The highest BCUT2D eigenvalue weighted by atomic mass is 32.2. The normalized spacial score (nSPS) is 19.3. The summed E-state index contributed by atoms with van der Waals surface area (Å²) in [5, 5.41) is 1.09. The van der Waals surface area contributed by atoms with Crippen molar-refractivity contribution in [2.24, 2.45) is 12.5 Å². The number of fused-ring (bicyclic) bond motifs is 2. The monoisotopic (exact) mass is 521 g/mol. The first-order valence-corrected chi connectivity index (χ1v) is 14.8. The number of thioether (sulfide) groups is 1. The quantitative estimate of drug-likeness (QED) is 0.442. The van der Waals surface area contributed by atoms with Gasteiger partial charge in [-0.3, -0.25) is 14.4 Å². The molecule has 0 unspecified atom stereocenters. The summed E-state index contributed by atoms with van der Waals surface area (Å²) in [5.41, 5.74) is 3.69. The van der Waals surface area contributed by atoms with Gasteiger partial charge in [0, 0.05) is 56.1 Å². The highest BCUT2D eigenvalue weighted by molar-refractivity contribution is 8.00. The maximum absolute atomic E-state index is 13.6. The molecule has 0 N–H and O–H groups in total. The number of rotatable bonds is 3. The van der Waals surface area contributed by atoms with Crippen molar-refractivity contribution in [2.45, 2.75) is 42.7 Å². The number of carbonyl (C=O) groups excluding carboxylic acids is 3. The zero-order valence-electron chi connectivity index (χ0n) is 20.8. The topological polar surface area (TPSA) is 62.6 Å². The molecule has 0 radical (unpaired) electrons. The Kier molecular flexibility index (Phi) is 5.99. The fourth-order valence-electron chi connectivity index (χ4n) is 6.33. The van der Waals surface area contributed by atoms with Gasteiger partial charge in [-0.2, -0.15) is 0 Å². The van der Waals surface area contributed by atoms with Crippen LogP contribution in [0.15, 0.2) is 34.5 Å². The van der Waals surface area contributed by atoms with Gasteiger partial charge in [-0.1, -0.05) is 18.2 Å². The van der Waals surface area contributed by atoms with Crippen molar-refractivity contribution >= 4 is 51.6 Å². The minimum Gasteiger partial charge on any atom is -0.340 e. The molecule has 0 atom stereocenters. The Labute approximate surface area is 219 Å². The molecule has 8 heteroatoms. The Hall–Kier alpha value is -2.58. The molecular formula is C28H31N3O3S2. The van der Waals surface area contributed by atoms with Crippen LogP contribution in [0.5, 0.6) is 0 Å². The molecule has 188 valence electrons. The fraction of sp³-hybridized carbons (Fsp3) is 0.464. The van der Waals surface area contributed by atoms with Gasteiger partial charge in [0.25, 0.3) is 11.8 Å². The first-order valence-electron chi connectivity index (χ1n) is 12.8. The molecule has 1 aliphatic carbocycles. The molecule has 3 aromatic rings. The number of aryl methyl sites for hydroxylation is 1. The smallest absolute Gasteiger partial charge is 0.270 e. The number of amides is 2. The lowest BCUT2D eigenvalue weighted by atomic mass is 9.77. The van der Waals surface area contributed by atoms with E-state index in [1.54, 1.807) is 11.8 Å². The standard InChI is InChI=1S/C28H31N3O3S2/c1-29-20-8-4-3-6-18(20)16-21(29)25(33)30-13-10-28(11-14-30)12-15-31(17-28)26(34)24-19-7-5-9-22(32)23(19)27(35-2)36-24/h3-4,6,8,16H,5,7,9-15,17H2,1-2H3. The van der Waals surface area contributed by atoms with E-state index in [1.165, 1.54) is 11.3 Å². The minimum absolute atomic E-state index is 0.0842. The van der Waals surface area contributed by atoms with Crippen LogP contribution in [-0.4, -0.2) is 64.4 Å². The molecule has 1 aromatic carbocycles. The molecule has 2 saturated heterocycles. The van der Waals surface area contributed by atoms with E-state index in [1.807, 2.05) is 58.0 Å². The van der Waals surface area contributed by atoms with E-state index in [0.29, 0.717) is 6.42 Å². The summed E-state index contributed by atoms with van der Waals surface area (Å²) < 4.78 is 2.99. The predicted octanol–water partition coefficient (Wildman–Crippen LogP) is 5.25. The Morgan fingerprint density at radius 2 is 1.72 bits per heavy atom. The van der Waals surface area contributed by atoms with E-state index >= 15 is 0 Å². The fourth-order valence-corrected chi connectivity index (χ4v) is 8.42. The molecule has 2 fully saturated rings. The second kappa shape index (κ2) is 9.06. The van der Waals surface area contributed by atoms with Crippen LogP contribution in [0.2, 0.25) is 0 Å². The minimum atomic E-state index is 0.0842. The van der Waals surface area contributed by atoms with Gasteiger partial charge in [-0.05, 0) is 61.5 Å². The molecular weight excluding hydrogens is 490 g/mol. The van der Waals surface area contributed by atoms with Crippen molar-refractivity contribution in [1.29, 1.82) is 0 Å². The van der Waals surface area contributed by atoms with Gasteiger partial charge in [0.05, 0.1) is 9.09 Å². The van der Waals surface area contributed by atoms with Crippen LogP contribution in [-0.2, 0) is 13.5 Å². The second-order valence-electron chi connectivity index (χ2n) is 10.5. The number of nitrogens with zero attached hydrogens (tertiary/aromatic N) is 3. The highest BCUT2D eigenvalue weighted by Gasteiger charge is 2.44. The number of hydrogen-bond donors (Lipinski definition) is 0. The molecule has 3 aliphatic rings. The van der Waals surface area contributed by atoms with Crippen molar-refractivity contribution < 1.29 is 14.4 Å². The Morgan fingerprint density at radius 3 is 2.44 bits per heavy atom. The maximum atomic E-state index is 13.6. The molecule has 1 spiro atoms. The van der Waals surface area contributed by atoms with Crippen molar-refractivity contribution in [2.75, 3.05) is 32.4 Å². The Morgan fingerprint density at radius 1 is 1.00 bits per heavy atom. The first-order chi connectivity index (χ1) is 17.4. The Balaban J connectivity index is 1.15. The number of likely N-dealkylation sites (tertiary alicyclic amines) is 2. The molecule has 2 aromatic heterocycles. The lowest BCUT2D eigenvalue weighted by molar-refractivity contribution is 0.0558. The molecule has 4 heterocycles. The number of carbonyl (C=O) groups is 3.